The molecule has 136 valence electrons. The lowest BCUT2D eigenvalue weighted by molar-refractivity contribution is -0.121. The third-order valence-corrected chi connectivity index (χ3v) is 5.97. The number of amides is 1. The fourth-order valence-electron chi connectivity index (χ4n) is 2.81. The summed E-state index contributed by atoms with van der Waals surface area (Å²) < 4.78 is 23.8. The first-order chi connectivity index (χ1) is 11.8. The number of carbonyl (C=O) groups is 1. The zero-order valence-electron chi connectivity index (χ0n) is 14.7. The third-order valence-electron chi connectivity index (χ3n) is 3.97. The zero-order valence-corrected chi connectivity index (χ0v) is 15.6. The van der Waals surface area contributed by atoms with E-state index in [0.717, 1.165) is 16.3 Å². The molecule has 1 atom stereocenters. The summed E-state index contributed by atoms with van der Waals surface area (Å²) in [5.41, 5.74) is 6.73. The van der Waals surface area contributed by atoms with E-state index in [9.17, 15) is 13.2 Å². The minimum absolute atomic E-state index is 0.0425. The van der Waals surface area contributed by atoms with Crippen LogP contribution in [-0.2, 0) is 14.6 Å². The first-order valence-electron chi connectivity index (χ1n) is 8.49. The van der Waals surface area contributed by atoms with Gasteiger partial charge in [-0.15, -0.1) is 0 Å². The number of carbonyl (C=O) groups excluding carboxylic acids is 1. The first kappa shape index (κ1) is 19.4. The molecule has 0 aliphatic rings. The van der Waals surface area contributed by atoms with Crippen molar-refractivity contribution in [2.24, 2.45) is 11.7 Å². The number of fused-ring (bicyclic) bond motifs is 1. The molecule has 3 N–H and O–H groups in total. The van der Waals surface area contributed by atoms with E-state index in [1.54, 1.807) is 0 Å². The Morgan fingerprint density at radius 3 is 2.44 bits per heavy atom. The van der Waals surface area contributed by atoms with Crippen molar-refractivity contribution in [2.45, 2.75) is 26.3 Å². The monoisotopic (exact) mass is 362 g/mol. The molecule has 0 aliphatic carbocycles. The molecule has 0 heterocycles. The van der Waals surface area contributed by atoms with Gasteiger partial charge in [0.1, 0.15) is 0 Å². The summed E-state index contributed by atoms with van der Waals surface area (Å²) in [5, 5.41) is 5.04. The van der Waals surface area contributed by atoms with Crippen LogP contribution in [0, 0.1) is 5.92 Å². The highest BCUT2D eigenvalue weighted by Gasteiger charge is 2.18. The Labute approximate surface area is 149 Å². The Balaban J connectivity index is 2.01. The number of nitrogens with one attached hydrogen (secondary N) is 1. The van der Waals surface area contributed by atoms with Crippen LogP contribution in [0.5, 0.6) is 0 Å². The van der Waals surface area contributed by atoms with E-state index in [1.165, 1.54) is 0 Å². The van der Waals surface area contributed by atoms with Crippen molar-refractivity contribution < 1.29 is 13.2 Å². The van der Waals surface area contributed by atoms with E-state index in [0.29, 0.717) is 0 Å². The quantitative estimate of drug-likeness (QED) is 0.755. The fourth-order valence-corrected chi connectivity index (χ4v) is 4.49. The third kappa shape index (κ3) is 5.83. The first-order valence-corrected chi connectivity index (χ1v) is 10.3. The van der Waals surface area contributed by atoms with Crippen LogP contribution in [0.25, 0.3) is 10.8 Å². The highest BCUT2D eigenvalue weighted by atomic mass is 32.2. The largest absolute Gasteiger partial charge is 0.348 e. The van der Waals surface area contributed by atoms with Crippen LogP contribution in [0.15, 0.2) is 42.5 Å². The smallest absolute Gasteiger partial charge is 0.221 e. The summed E-state index contributed by atoms with van der Waals surface area (Å²) in [6.07, 6.45) is -0.0425. The van der Waals surface area contributed by atoms with Crippen molar-refractivity contribution in [1.29, 1.82) is 0 Å². The molecule has 1 amide bonds. The van der Waals surface area contributed by atoms with Gasteiger partial charge in [-0.1, -0.05) is 50.2 Å². The minimum atomic E-state index is -3.20. The summed E-state index contributed by atoms with van der Waals surface area (Å²) in [6, 6.07) is 13.6. The highest BCUT2D eigenvalue weighted by molar-refractivity contribution is 7.91. The number of nitrogens with two attached hydrogens (primary N) is 1. The number of hydrogen-bond donors (Lipinski definition) is 2. The van der Waals surface area contributed by atoms with E-state index in [4.69, 9.17) is 5.73 Å². The molecule has 25 heavy (non-hydrogen) atoms. The normalized spacial score (nSPS) is 13.1. The molecule has 2 aromatic carbocycles. The summed E-state index contributed by atoms with van der Waals surface area (Å²) in [5.74, 6) is -0.268. The lowest BCUT2D eigenvalue weighted by Crippen LogP contribution is -2.34. The molecule has 0 spiro atoms. The van der Waals surface area contributed by atoms with E-state index in [1.807, 2.05) is 56.3 Å². The van der Waals surface area contributed by atoms with Gasteiger partial charge in [0.05, 0.1) is 17.5 Å². The summed E-state index contributed by atoms with van der Waals surface area (Å²) in [4.78, 5) is 12.2. The predicted octanol–water partition coefficient (Wildman–Crippen LogP) is 2.42. The van der Waals surface area contributed by atoms with Crippen molar-refractivity contribution in [3.63, 3.8) is 0 Å². The zero-order chi connectivity index (χ0) is 18.4. The Hall–Kier alpha value is -1.92. The summed E-state index contributed by atoms with van der Waals surface area (Å²) in [7, 11) is -3.20. The summed E-state index contributed by atoms with van der Waals surface area (Å²) in [6.45, 7) is 3.95. The second-order valence-corrected chi connectivity index (χ2v) is 8.95. The fraction of sp³-hybridized carbons (Fsp3) is 0.421. The topological polar surface area (TPSA) is 89.3 Å². The maximum absolute atomic E-state index is 12.2. The molecule has 0 saturated heterocycles. The lowest BCUT2D eigenvalue weighted by Gasteiger charge is -2.18. The van der Waals surface area contributed by atoms with Gasteiger partial charge in [-0.3, -0.25) is 4.79 Å². The second-order valence-electron chi connectivity index (χ2n) is 6.72. The van der Waals surface area contributed by atoms with Crippen molar-refractivity contribution >= 4 is 26.5 Å². The van der Waals surface area contributed by atoms with Crippen LogP contribution >= 0.6 is 0 Å². The van der Waals surface area contributed by atoms with Gasteiger partial charge >= 0.3 is 0 Å². The van der Waals surface area contributed by atoms with Gasteiger partial charge in [-0.05, 0) is 28.3 Å². The molecular weight excluding hydrogens is 336 g/mol. The predicted molar refractivity (Wildman–Crippen MR) is 102 cm³/mol. The van der Waals surface area contributed by atoms with Crippen LogP contribution < -0.4 is 11.1 Å². The average Bonchev–Trinajstić information content (AvgIpc) is 2.56. The van der Waals surface area contributed by atoms with Gasteiger partial charge < -0.3 is 11.1 Å². The number of hydrogen-bond acceptors (Lipinski definition) is 4. The van der Waals surface area contributed by atoms with Gasteiger partial charge in [0, 0.05) is 13.0 Å². The maximum Gasteiger partial charge on any atom is 0.221 e. The standard InChI is InChI=1S/C19H26N2O3S/c1-14(2)13-25(23,24)10-9-19(22)21-18(12-20)17-8-7-15-5-3-4-6-16(15)11-17/h3-8,11,14,18H,9-10,12-13,20H2,1-2H3,(H,21,22). The van der Waals surface area contributed by atoms with Gasteiger partial charge in [-0.25, -0.2) is 8.42 Å². The van der Waals surface area contributed by atoms with Crippen molar-refractivity contribution in [1.82, 2.24) is 5.32 Å². The van der Waals surface area contributed by atoms with Gasteiger partial charge in [0.15, 0.2) is 9.84 Å². The number of sulfone groups is 1. The molecule has 5 nitrogen and oxygen atoms in total. The Kier molecular flexibility index (Phi) is 6.56. The second kappa shape index (κ2) is 8.45. The minimum Gasteiger partial charge on any atom is -0.348 e. The SMILES string of the molecule is CC(C)CS(=O)(=O)CCC(=O)NC(CN)c1ccc2ccccc2c1. The molecule has 0 bridgehead atoms. The van der Waals surface area contributed by atoms with Crippen LogP contribution in [0.4, 0.5) is 0 Å². The Morgan fingerprint density at radius 1 is 1.12 bits per heavy atom. The van der Waals surface area contributed by atoms with Crippen LogP contribution in [0.2, 0.25) is 0 Å². The van der Waals surface area contributed by atoms with Crippen LogP contribution in [0.1, 0.15) is 31.9 Å². The van der Waals surface area contributed by atoms with Crippen LogP contribution in [0.3, 0.4) is 0 Å². The lowest BCUT2D eigenvalue weighted by atomic mass is 10.0. The molecule has 0 radical (unpaired) electrons. The van der Waals surface area contributed by atoms with Crippen molar-refractivity contribution in [3.05, 3.63) is 48.0 Å². The molecule has 6 heteroatoms. The maximum atomic E-state index is 12.2. The van der Waals surface area contributed by atoms with Gasteiger partial charge in [0.2, 0.25) is 5.91 Å². The number of rotatable bonds is 8. The van der Waals surface area contributed by atoms with Crippen molar-refractivity contribution in [3.8, 4) is 0 Å². The van der Waals surface area contributed by atoms with E-state index in [2.05, 4.69) is 5.32 Å². The molecule has 0 aromatic heterocycles. The molecular formula is C19H26N2O3S. The van der Waals surface area contributed by atoms with E-state index >= 15 is 0 Å². The average molecular weight is 362 g/mol. The number of benzene rings is 2. The van der Waals surface area contributed by atoms with E-state index < -0.39 is 9.84 Å². The Bertz CT molecular complexity index is 831. The molecule has 0 aliphatic heterocycles. The highest BCUT2D eigenvalue weighted by Crippen LogP contribution is 2.20. The summed E-state index contributed by atoms with van der Waals surface area (Å²) >= 11 is 0. The molecule has 2 rings (SSSR count). The molecule has 0 fully saturated rings. The Morgan fingerprint density at radius 2 is 1.80 bits per heavy atom. The van der Waals surface area contributed by atoms with E-state index in [-0.39, 0.29) is 42.3 Å². The molecule has 1 unspecified atom stereocenters. The van der Waals surface area contributed by atoms with Gasteiger partial charge in [-0.2, -0.15) is 0 Å². The van der Waals surface area contributed by atoms with Gasteiger partial charge in [0.25, 0.3) is 0 Å². The molecule has 2 aromatic rings. The van der Waals surface area contributed by atoms with Crippen molar-refractivity contribution in [2.75, 3.05) is 18.1 Å². The van der Waals surface area contributed by atoms with Crippen LogP contribution in [-0.4, -0.2) is 32.4 Å². The molecule has 0 saturated carbocycles.